The molecule has 0 bridgehead atoms. The van der Waals surface area contributed by atoms with Crippen LogP contribution in [0, 0.1) is 11.3 Å². The fourth-order valence-electron chi connectivity index (χ4n) is 2.11. The molecule has 1 saturated carbocycles. The van der Waals surface area contributed by atoms with Crippen LogP contribution in [-0.2, 0) is 0 Å². The molecule has 0 heterocycles. The Morgan fingerprint density at radius 2 is 1.91 bits per heavy atom. The van der Waals surface area contributed by atoms with Crippen molar-refractivity contribution in [3.63, 3.8) is 0 Å². The highest BCUT2D eigenvalue weighted by atomic mass is 19.1. The van der Waals surface area contributed by atoms with E-state index in [1.165, 1.54) is 0 Å². The van der Waals surface area contributed by atoms with Gasteiger partial charge < -0.3 is 5.73 Å². The van der Waals surface area contributed by atoms with E-state index in [9.17, 15) is 4.39 Å². The first-order chi connectivity index (χ1) is 4.92. The van der Waals surface area contributed by atoms with Gasteiger partial charge in [0.2, 0.25) is 0 Å². The lowest BCUT2D eigenvalue weighted by atomic mass is 9.70. The molecule has 0 saturated heterocycles. The second kappa shape index (κ2) is 2.74. The number of halogens is 1. The summed E-state index contributed by atoms with van der Waals surface area (Å²) in [5.74, 6) is 0.328. The Bertz CT molecular complexity index is 130. The van der Waals surface area contributed by atoms with Crippen LogP contribution in [0.1, 0.15) is 33.6 Å². The summed E-state index contributed by atoms with van der Waals surface area (Å²) in [6.45, 7) is 6.27. The molecule has 2 heteroatoms. The Hall–Kier alpha value is -0.110. The zero-order chi connectivity index (χ0) is 8.65. The first-order valence-electron chi connectivity index (χ1n) is 4.32. The molecule has 66 valence electrons. The van der Waals surface area contributed by atoms with E-state index in [0.717, 1.165) is 6.42 Å². The molecule has 1 aliphatic rings. The molecular weight excluding hydrogens is 141 g/mol. The van der Waals surface area contributed by atoms with Gasteiger partial charge in [0.05, 0.1) is 0 Å². The minimum absolute atomic E-state index is 0.148. The fourth-order valence-corrected chi connectivity index (χ4v) is 2.11. The summed E-state index contributed by atoms with van der Waals surface area (Å²) >= 11 is 0. The number of nitrogens with two attached hydrogens (primary N) is 1. The first-order valence-corrected chi connectivity index (χ1v) is 4.32. The van der Waals surface area contributed by atoms with Crippen LogP contribution in [0.4, 0.5) is 4.39 Å². The van der Waals surface area contributed by atoms with E-state index < -0.39 is 6.17 Å². The lowest BCUT2D eigenvalue weighted by Gasteiger charge is -2.39. The van der Waals surface area contributed by atoms with Gasteiger partial charge >= 0.3 is 0 Å². The van der Waals surface area contributed by atoms with Crippen LogP contribution in [0.15, 0.2) is 0 Å². The van der Waals surface area contributed by atoms with E-state index in [1.807, 2.05) is 6.92 Å². The molecule has 0 radical (unpaired) electrons. The normalized spacial score (nSPS) is 43.9. The van der Waals surface area contributed by atoms with Gasteiger partial charge in [0.25, 0.3) is 0 Å². The first kappa shape index (κ1) is 8.98. The molecule has 1 fully saturated rings. The third-order valence-electron chi connectivity index (χ3n) is 2.70. The Balaban J connectivity index is 2.62. The Morgan fingerprint density at radius 1 is 1.36 bits per heavy atom. The quantitative estimate of drug-likeness (QED) is 0.575. The molecule has 0 aromatic rings. The highest BCUT2D eigenvalue weighted by molar-refractivity contribution is 4.90. The minimum atomic E-state index is -0.797. The second-order valence-corrected chi connectivity index (χ2v) is 4.64. The van der Waals surface area contributed by atoms with Crippen molar-refractivity contribution in [2.75, 3.05) is 0 Å². The van der Waals surface area contributed by atoms with Crippen molar-refractivity contribution in [3.05, 3.63) is 0 Å². The number of hydrogen-bond donors (Lipinski definition) is 1. The molecule has 1 aliphatic carbocycles. The average Bonchev–Trinajstić information content (AvgIpc) is 1.81. The van der Waals surface area contributed by atoms with Gasteiger partial charge in [0.15, 0.2) is 0 Å². The van der Waals surface area contributed by atoms with Crippen LogP contribution < -0.4 is 5.73 Å². The van der Waals surface area contributed by atoms with Gasteiger partial charge in [-0.1, -0.05) is 20.8 Å². The summed E-state index contributed by atoms with van der Waals surface area (Å²) in [7, 11) is 0. The molecule has 0 aromatic heterocycles. The predicted octanol–water partition coefficient (Wildman–Crippen LogP) is 2.11. The van der Waals surface area contributed by atoms with Gasteiger partial charge in [0, 0.05) is 6.04 Å². The molecule has 1 rings (SSSR count). The maximum absolute atomic E-state index is 13.2. The van der Waals surface area contributed by atoms with E-state index in [2.05, 4.69) is 13.8 Å². The van der Waals surface area contributed by atoms with Crippen molar-refractivity contribution < 1.29 is 4.39 Å². The highest BCUT2D eigenvalue weighted by Gasteiger charge is 2.37. The molecule has 1 nitrogen and oxygen atoms in total. The monoisotopic (exact) mass is 159 g/mol. The molecule has 11 heavy (non-hydrogen) atoms. The van der Waals surface area contributed by atoms with Crippen LogP contribution in [0.2, 0.25) is 0 Å². The highest BCUT2D eigenvalue weighted by Crippen LogP contribution is 2.39. The summed E-state index contributed by atoms with van der Waals surface area (Å²) in [6.07, 6.45) is 0.876. The fraction of sp³-hybridized carbons (Fsp3) is 1.00. The standard InChI is InChI=1S/C9H18FN/c1-6-4-9(2,3)5-7(10)8(6)11/h6-8H,4-5,11H2,1-3H3/t6-,7+,8+/m1/s1. The van der Waals surface area contributed by atoms with Crippen molar-refractivity contribution in [3.8, 4) is 0 Å². The van der Waals surface area contributed by atoms with Gasteiger partial charge in [-0.15, -0.1) is 0 Å². The predicted molar refractivity (Wildman–Crippen MR) is 45.1 cm³/mol. The molecule has 0 amide bonds. The molecule has 0 aliphatic heterocycles. The van der Waals surface area contributed by atoms with E-state index >= 15 is 0 Å². The zero-order valence-corrected chi connectivity index (χ0v) is 7.60. The molecular formula is C9H18FN. The third-order valence-corrected chi connectivity index (χ3v) is 2.70. The minimum Gasteiger partial charge on any atom is -0.325 e. The maximum Gasteiger partial charge on any atom is 0.116 e. The lowest BCUT2D eigenvalue weighted by Crippen LogP contribution is -2.46. The second-order valence-electron chi connectivity index (χ2n) is 4.64. The number of rotatable bonds is 0. The van der Waals surface area contributed by atoms with Gasteiger partial charge in [-0.3, -0.25) is 0 Å². The van der Waals surface area contributed by atoms with Gasteiger partial charge in [-0.2, -0.15) is 0 Å². The third kappa shape index (κ3) is 1.92. The Labute approximate surface area is 68.2 Å². The van der Waals surface area contributed by atoms with E-state index in [0.29, 0.717) is 12.3 Å². The largest absolute Gasteiger partial charge is 0.325 e. The lowest BCUT2D eigenvalue weighted by molar-refractivity contribution is 0.0782. The van der Waals surface area contributed by atoms with Crippen LogP contribution >= 0.6 is 0 Å². The smallest absolute Gasteiger partial charge is 0.116 e. The zero-order valence-electron chi connectivity index (χ0n) is 7.60. The summed E-state index contributed by atoms with van der Waals surface area (Å²) in [5, 5.41) is 0. The van der Waals surface area contributed by atoms with Crippen LogP contribution in [-0.4, -0.2) is 12.2 Å². The van der Waals surface area contributed by atoms with Gasteiger partial charge in [0.1, 0.15) is 6.17 Å². The van der Waals surface area contributed by atoms with Crippen molar-refractivity contribution >= 4 is 0 Å². The summed E-state index contributed by atoms with van der Waals surface area (Å²) < 4.78 is 13.2. The average molecular weight is 159 g/mol. The Morgan fingerprint density at radius 3 is 2.36 bits per heavy atom. The Kier molecular flexibility index (Phi) is 2.24. The number of alkyl halides is 1. The summed E-state index contributed by atoms with van der Waals surface area (Å²) in [5.41, 5.74) is 5.82. The molecule has 0 spiro atoms. The van der Waals surface area contributed by atoms with Crippen LogP contribution in [0.5, 0.6) is 0 Å². The molecule has 2 N–H and O–H groups in total. The van der Waals surface area contributed by atoms with Gasteiger partial charge in [-0.25, -0.2) is 4.39 Å². The molecule has 3 atom stereocenters. The van der Waals surface area contributed by atoms with Crippen molar-refractivity contribution in [1.29, 1.82) is 0 Å². The maximum atomic E-state index is 13.2. The van der Waals surface area contributed by atoms with E-state index in [-0.39, 0.29) is 11.5 Å². The van der Waals surface area contributed by atoms with Crippen LogP contribution in [0.25, 0.3) is 0 Å². The SMILES string of the molecule is C[C@@H]1CC(C)(C)C[C@H](F)[C@H]1N. The van der Waals surface area contributed by atoms with Crippen molar-refractivity contribution in [2.24, 2.45) is 17.1 Å². The van der Waals surface area contributed by atoms with Gasteiger partial charge in [-0.05, 0) is 24.2 Å². The topological polar surface area (TPSA) is 26.0 Å². The van der Waals surface area contributed by atoms with E-state index in [4.69, 9.17) is 5.73 Å². The molecule has 0 aromatic carbocycles. The van der Waals surface area contributed by atoms with E-state index in [1.54, 1.807) is 0 Å². The van der Waals surface area contributed by atoms with Crippen molar-refractivity contribution in [1.82, 2.24) is 0 Å². The summed E-state index contributed by atoms with van der Waals surface area (Å²) in [6, 6.07) is -0.233. The summed E-state index contributed by atoms with van der Waals surface area (Å²) in [4.78, 5) is 0. The van der Waals surface area contributed by atoms with Crippen molar-refractivity contribution in [2.45, 2.75) is 45.8 Å². The molecule has 0 unspecified atom stereocenters. The number of hydrogen-bond acceptors (Lipinski definition) is 1. The van der Waals surface area contributed by atoms with Crippen LogP contribution in [0.3, 0.4) is 0 Å².